The number of rotatable bonds is 5. The Labute approximate surface area is 128 Å². The lowest BCUT2D eigenvalue weighted by molar-refractivity contribution is 0.127. The van der Waals surface area contributed by atoms with Crippen molar-refractivity contribution in [3.8, 4) is 5.75 Å². The molecule has 0 amide bonds. The van der Waals surface area contributed by atoms with E-state index in [1.165, 1.54) is 5.56 Å². The van der Waals surface area contributed by atoms with Crippen molar-refractivity contribution in [1.82, 2.24) is 4.57 Å². The SMILES string of the molecule is COc1ccc(Cn2ccc(C(O)C(C)C)c2)cc1Br. The molecule has 4 heteroatoms. The zero-order valence-electron chi connectivity index (χ0n) is 12.0. The van der Waals surface area contributed by atoms with Crippen molar-refractivity contribution in [1.29, 1.82) is 0 Å². The molecule has 108 valence electrons. The van der Waals surface area contributed by atoms with Crippen LogP contribution in [-0.2, 0) is 6.54 Å². The van der Waals surface area contributed by atoms with Crippen molar-refractivity contribution in [2.75, 3.05) is 7.11 Å². The van der Waals surface area contributed by atoms with E-state index in [4.69, 9.17) is 4.74 Å². The molecule has 0 saturated heterocycles. The second-order valence-corrected chi connectivity index (χ2v) is 6.13. The molecule has 2 aromatic rings. The van der Waals surface area contributed by atoms with Gasteiger partial charge in [0.05, 0.1) is 17.7 Å². The minimum Gasteiger partial charge on any atom is -0.496 e. The van der Waals surface area contributed by atoms with E-state index in [0.29, 0.717) is 0 Å². The molecule has 0 aliphatic carbocycles. The number of methoxy groups -OCH3 is 1. The lowest BCUT2D eigenvalue weighted by Crippen LogP contribution is -2.04. The van der Waals surface area contributed by atoms with Crippen LogP contribution >= 0.6 is 15.9 Å². The van der Waals surface area contributed by atoms with Crippen LogP contribution in [0.1, 0.15) is 31.1 Å². The van der Waals surface area contributed by atoms with Gasteiger partial charge in [-0.25, -0.2) is 0 Å². The average molecular weight is 338 g/mol. The maximum absolute atomic E-state index is 10.1. The Morgan fingerprint density at radius 2 is 2.05 bits per heavy atom. The van der Waals surface area contributed by atoms with Crippen molar-refractivity contribution in [2.45, 2.75) is 26.5 Å². The van der Waals surface area contributed by atoms with Gasteiger partial charge in [-0.1, -0.05) is 19.9 Å². The zero-order chi connectivity index (χ0) is 14.7. The number of benzene rings is 1. The molecule has 1 N–H and O–H groups in total. The molecule has 0 radical (unpaired) electrons. The maximum atomic E-state index is 10.1. The number of halogens is 1. The Bertz CT molecular complexity index is 578. The third-order valence-electron chi connectivity index (χ3n) is 3.33. The lowest BCUT2D eigenvalue weighted by Gasteiger charge is -2.12. The maximum Gasteiger partial charge on any atom is 0.133 e. The average Bonchev–Trinajstić information content (AvgIpc) is 2.86. The van der Waals surface area contributed by atoms with Crippen LogP contribution < -0.4 is 4.74 Å². The number of aliphatic hydroxyl groups excluding tert-OH is 1. The Morgan fingerprint density at radius 3 is 2.65 bits per heavy atom. The molecule has 0 spiro atoms. The van der Waals surface area contributed by atoms with Crippen LogP contribution in [0.15, 0.2) is 41.1 Å². The van der Waals surface area contributed by atoms with E-state index in [-0.39, 0.29) is 5.92 Å². The van der Waals surface area contributed by atoms with Crippen LogP contribution in [0.4, 0.5) is 0 Å². The van der Waals surface area contributed by atoms with Gasteiger partial charge in [-0.05, 0) is 51.2 Å². The van der Waals surface area contributed by atoms with Gasteiger partial charge >= 0.3 is 0 Å². The molecule has 0 bridgehead atoms. The molecule has 0 fully saturated rings. The van der Waals surface area contributed by atoms with Crippen molar-refractivity contribution >= 4 is 15.9 Å². The number of aromatic nitrogens is 1. The third-order valence-corrected chi connectivity index (χ3v) is 3.95. The fourth-order valence-corrected chi connectivity index (χ4v) is 2.72. The van der Waals surface area contributed by atoms with Gasteiger partial charge in [0.2, 0.25) is 0 Å². The topological polar surface area (TPSA) is 34.4 Å². The van der Waals surface area contributed by atoms with E-state index in [2.05, 4.69) is 26.6 Å². The molecule has 2 rings (SSSR count). The number of aliphatic hydroxyl groups is 1. The van der Waals surface area contributed by atoms with Gasteiger partial charge in [0.15, 0.2) is 0 Å². The largest absolute Gasteiger partial charge is 0.496 e. The van der Waals surface area contributed by atoms with Gasteiger partial charge in [0.1, 0.15) is 5.75 Å². The first-order chi connectivity index (χ1) is 9.51. The van der Waals surface area contributed by atoms with Gasteiger partial charge in [-0.15, -0.1) is 0 Å². The van der Waals surface area contributed by atoms with Gasteiger partial charge in [0.25, 0.3) is 0 Å². The van der Waals surface area contributed by atoms with E-state index in [0.717, 1.165) is 22.3 Å². The third kappa shape index (κ3) is 3.44. The molecule has 0 aliphatic heterocycles. The molecule has 1 aromatic carbocycles. The Hall–Kier alpha value is -1.26. The number of hydrogen-bond donors (Lipinski definition) is 1. The van der Waals surface area contributed by atoms with E-state index in [9.17, 15) is 5.11 Å². The second kappa shape index (κ2) is 6.46. The summed E-state index contributed by atoms with van der Waals surface area (Å²) in [5.74, 6) is 1.05. The first-order valence-electron chi connectivity index (χ1n) is 6.67. The van der Waals surface area contributed by atoms with E-state index in [1.54, 1.807) is 7.11 Å². The fraction of sp³-hybridized carbons (Fsp3) is 0.375. The number of nitrogens with zero attached hydrogens (tertiary/aromatic N) is 1. The molecule has 1 atom stereocenters. The zero-order valence-corrected chi connectivity index (χ0v) is 13.6. The fourth-order valence-electron chi connectivity index (χ4n) is 2.14. The van der Waals surface area contributed by atoms with Crippen LogP contribution in [0.3, 0.4) is 0 Å². The van der Waals surface area contributed by atoms with Crippen LogP contribution in [0.2, 0.25) is 0 Å². The highest BCUT2D eigenvalue weighted by Gasteiger charge is 2.13. The minimum atomic E-state index is -0.404. The molecule has 1 unspecified atom stereocenters. The predicted octanol–water partition coefficient (Wildman–Crippen LogP) is 4.00. The standard InChI is InChI=1S/C16H20BrNO2/c1-11(2)16(19)13-6-7-18(10-13)9-12-4-5-15(20-3)14(17)8-12/h4-8,10-11,16,19H,9H2,1-3H3. The van der Waals surface area contributed by atoms with E-state index in [1.807, 2.05) is 44.4 Å². The van der Waals surface area contributed by atoms with Gasteiger partial charge in [-0.2, -0.15) is 0 Å². The lowest BCUT2D eigenvalue weighted by atomic mass is 10.0. The predicted molar refractivity (Wildman–Crippen MR) is 84.0 cm³/mol. The number of hydrogen-bond acceptors (Lipinski definition) is 2. The summed E-state index contributed by atoms with van der Waals surface area (Å²) in [5.41, 5.74) is 2.14. The number of ether oxygens (including phenoxy) is 1. The van der Waals surface area contributed by atoms with Crippen molar-refractivity contribution in [3.63, 3.8) is 0 Å². The molecule has 0 saturated carbocycles. The molecule has 3 nitrogen and oxygen atoms in total. The summed E-state index contributed by atoms with van der Waals surface area (Å²) in [4.78, 5) is 0. The van der Waals surface area contributed by atoms with Gasteiger partial charge < -0.3 is 14.4 Å². The molecule has 0 aliphatic rings. The van der Waals surface area contributed by atoms with Crippen LogP contribution in [-0.4, -0.2) is 16.8 Å². The van der Waals surface area contributed by atoms with Crippen molar-refractivity contribution in [2.24, 2.45) is 5.92 Å². The summed E-state index contributed by atoms with van der Waals surface area (Å²) in [6.45, 7) is 4.80. The summed E-state index contributed by atoms with van der Waals surface area (Å²) >= 11 is 3.49. The first kappa shape index (κ1) is 15.1. The Balaban J connectivity index is 2.12. The Morgan fingerprint density at radius 1 is 1.30 bits per heavy atom. The van der Waals surface area contributed by atoms with Crippen LogP contribution in [0.25, 0.3) is 0 Å². The molecule has 20 heavy (non-hydrogen) atoms. The summed E-state index contributed by atoms with van der Waals surface area (Å²) < 4.78 is 8.25. The van der Waals surface area contributed by atoms with Crippen molar-refractivity contribution in [3.05, 3.63) is 52.3 Å². The first-order valence-corrected chi connectivity index (χ1v) is 7.46. The molecular weight excluding hydrogens is 318 g/mol. The van der Waals surface area contributed by atoms with E-state index >= 15 is 0 Å². The summed E-state index contributed by atoms with van der Waals surface area (Å²) in [6, 6.07) is 8.02. The van der Waals surface area contributed by atoms with Crippen molar-refractivity contribution < 1.29 is 9.84 Å². The minimum absolute atomic E-state index is 0.223. The van der Waals surface area contributed by atoms with Gasteiger partial charge in [0, 0.05) is 18.9 Å². The highest BCUT2D eigenvalue weighted by atomic mass is 79.9. The Kier molecular flexibility index (Phi) is 4.89. The molecule has 1 aromatic heterocycles. The normalized spacial score (nSPS) is 12.7. The summed E-state index contributed by atoms with van der Waals surface area (Å²) in [7, 11) is 1.66. The summed E-state index contributed by atoms with van der Waals surface area (Å²) in [5, 5.41) is 10.1. The van der Waals surface area contributed by atoms with Crippen LogP contribution in [0.5, 0.6) is 5.75 Å². The quantitative estimate of drug-likeness (QED) is 0.894. The van der Waals surface area contributed by atoms with Gasteiger partial charge in [-0.3, -0.25) is 0 Å². The van der Waals surface area contributed by atoms with Crippen LogP contribution in [0, 0.1) is 5.92 Å². The summed E-state index contributed by atoms with van der Waals surface area (Å²) in [6.07, 6.45) is 3.60. The highest BCUT2D eigenvalue weighted by Crippen LogP contribution is 2.26. The second-order valence-electron chi connectivity index (χ2n) is 5.27. The smallest absolute Gasteiger partial charge is 0.133 e. The molecule has 1 heterocycles. The highest BCUT2D eigenvalue weighted by molar-refractivity contribution is 9.10. The monoisotopic (exact) mass is 337 g/mol. The van der Waals surface area contributed by atoms with E-state index < -0.39 is 6.10 Å². The molecular formula is C16H20BrNO2.